The number of nitrogens with zero attached hydrogens (tertiary/aromatic N) is 3. The minimum atomic E-state index is -3.48. The molecule has 0 bridgehead atoms. The Morgan fingerprint density at radius 2 is 1.80 bits per heavy atom. The van der Waals surface area contributed by atoms with Crippen LogP contribution in [-0.2, 0) is 37.8 Å². The van der Waals surface area contributed by atoms with Gasteiger partial charge in [-0.05, 0) is 54.6 Å². The zero-order chi connectivity index (χ0) is 32.8. The number of anilines is 2. The van der Waals surface area contributed by atoms with E-state index in [1.54, 1.807) is 27.8 Å². The Balaban J connectivity index is 1.31. The Kier molecular flexibility index (Phi) is 8.97. The van der Waals surface area contributed by atoms with Crippen LogP contribution in [0.25, 0.3) is 0 Å². The summed E-state index contributed by atoms with van der Waals surface area (Å²) in [7, 11) is -3.48. The second-order valence-corrected chi connectivity index (χ2v) is 17.7. The summed E-state index contributed by atoms with van der Waals surface area (Å²) < 4.78 is 23.9. The highest BCUT2D eigenvalue weighted by atomic mass is 79.9. The van der Waals surface area contributed by atoms with Crippen LogP contribution >= 0.6 is 15.9 Å². The van der Waals surface area contributed by atoms with Crippen LogP contribution in [0, 0.1) is 5.92 Å². The van der Waals surface area contributed by atoms with E-state index in [2.05, 4.69) is 15.9 Å². The Hall–Kier alpha value is -3.38. The summed E-state index contributed by atoms with van der Waals surface area (Å²) in [4.78, 5) is 45.4. The second-order valence-electron chi connectivity index (χ2n) is 13.0. The van der Waals surface area contributed by atoms with Gasteiger partial charge in [-0.15, -0.1) is 0 Å². The molecular formula is C35H39BrFN3O5Si. The molecule has 3 amide bonds. The number of carbonyl (C=O) groups is 3. The van der Waals surface area contributed by atoms with Gasteiger partial charge in [-0.2, -0.15) is 0 Å². The molecule has 0 unspecified atom stereocenters. The average Bonchev–Trinajstić information content (AvgIpc) is 3.43. The summed E-state index contributed by atoms with van der Waals surface area (Å²) in [6.07, 6.45) is -0.373. The van der Waals surface area contributed by atoms with Crippen LogP contribution in [0.5, 0.6) is 0 Å². The Morgan fingerprint density at radius 3 is 2.41 bits per heavy atom. The van der Waals surface area contributed by atoms with Crippen molar-refractivity contribution in [3.05, 3.63) is 94.0 Å². The van der Waals surface area contributed by atoms with Gasteiger partial charge >= 0.3 is 0 Å². The van der Waals surface area contributed by atoms with Crippen LogP contribution in [0.4, 0.5) is 15.5 Å². The van der Waals surface area contributed by atoms with Gasteiger partial charge in [-0.1, -0.05) is 65.3 Å². The van der Waals surface area contributed by atoms with Crippen molar-refractivity contribution in [2.75, 3.05) is 29.5 Å². The summed E-state index contributed by atoms with van der Waals surface area (Å²) in [6, 6.07) is 22.8. The van der Waals surface area contributed by atoms with E-state index in [0.717, 1.165) is 21.3 Å². The predicted molar refractivity (Wildman–Crippen MR) is 180 cm³/mol. The normalized spacial score (nSPS) is 24.0. The highest BCUT2D eigenvalue weighted by Crippen LogP contribution is 2.60. The van der Waals surface area contributed by atoms with Crippen molar-refractivity contribution in [2.24, 2.45) is 5.92 Å². The molecule has 1 spiro atoms. The van der Waals surface area contributed by atoms with Crippen molar-refractivity contribution >= 4 is 53.4 Å². The molecule has 3 aliphatic heterocycles. The molecule has 46 heavy (non-hydrogen) atoms. The highest BCUT2D eigenvalue weighted by Gasteiger charge is 2.67. The first-order chi connectivity index (χ1) is 21.9. The standard InChI is InChI=1S/C35H39BrFN3O5Si/c1-23-33(46(2,3)37)30(20-32(43)38(17-18-41)21-24-7-5-4-6-8-24)45-35(23)28-19-26(36)11-14-29(28)40(34(35)44)22-25-9-12-27(13-10-25)39-16-15-31(39)42/h4-14,19,23,30,33,41H,15-18,20-22H2,1-3H3/t23-,30+,33-,35+/m0/s1. The van der Waals surface area contributed by atoms with Crippen molar-refractivity contribution in [3.8, 4) is 0 Å². The molecule has 4 atom stereocenters. The van der Waals surface area contributed by atoms with Crippen molar-refractivity contribution < 1.29 is 28.3 Å². The van der Waals surface area contributed by atoms with Crippen LogP contribution in [-0.4, -0.2) is 61.9 Å². The smallest absolute Gasteiger partial charge is 0.264 e. The number of fused-ring (bicyclic) bond motifs is 2. The number of aliphatic hydroxyl groups is 1. The maximum atomic E-state index is 16.3. The number of carbonyl (C=O) groups excluding carboxylic acids is 3. The van der Waals surface area contributed by atoms with Gasteiger partial charge in [0.2, 0.25) is 20.2 Å². The maximum Gasteiger partial charge on any atom is 0.264 e. The minimum absolute atomic E-state index is 0.0951. The third-order valence-electron chi connectivity index (χ3n) is 9.68. The van der Waals surface area contributed by atoms with E-state index < -0.39 is 31.6 Å². The summed E-state index contributed by atoms with van der Waals surface area (Å²) in [5.41, 5.74) is 1.89. The van der Waals surface area contributed by atoms with E-state index >= 15 is 4.11 Å². The van der Waals surface area contributed by atoms with Crippen LogP contribution in [0.2, 0.25) is 18.6 Å². The van der Waals surface area contributed by atoms with Crippen LogP contribution in [0.1, 0.15) is 36.5 Å². The van der Waals surface area contributed by atoms with Gasteiger partial charge in [-0.3, -0.25) is 14.4 Å². The van der Waals surface area contributed by atoms with E-state index in [1.165, 1.54) is 0 Å². The molecule has 3 aromatic carbocycles. The van der Waals surface area contributed by atoms with E-state index in [1.807, 2.05) is 79.7 Å². The highest BCUT2D eigenvalue weighted by molar-refractivity contribution is 9.10. The van der Waals surface area contributed by atoms with E-state index in [4.69, 9.17) is 4.74 Å². The van der Waals surface area contributed by atoms with Gasteiger partial charge in [0.1, 0.15) is 0 Å². The van der Waals surface area contributed by atoms with E-state index in [9.17, 15) is 19.5 Å². The molecule has 0 radical (unpaired) electrons. The third kappa shape index (κ3) is 5.82. The monoisotopic (exact) mass is 707 g/mol. The van der Waals surface area contributed by atoms with Crippen molar-refractivity contribution in [1.29, 1.82) is 0 Å². The van der Waals surface area contributed by atoms with Gasteiger partial charge in [0, 0.05) is 53.2 Å². The first-order valence-electron chi connectivity index (χ1n) is 15.7. The number of hydrogen-bond acceptors (Lipinski definition) is 5. The summed E-state index contributed by atoms with van der Waals surface area (Å²) in [6.45, 7) is 6.32. The third-order valence-corrected chi connectivity index (χ3v) is 12.6. The minimum Gasteiger partial charge on any atom is -0.395 e. The first-order valence-corrected chi connectivity index (χ1v) is 19.5. The van der Waals surface area contributed by atoms with Crippen LogP contribution in [0.3, 0.4) is 0 Å². The first kappa shape index (κ1) is 32.6. The number of ether oxygens (including phenoxy) is 1. The number of benzene rings is 3. The summed E-state index contributed by atoms with van der Waals surface area (Å²) in [5.74, 6) is -0.974. The molecule has 11 heteroatoms. The molecule has 0 saturated carbocycles. The number of amides is 3. The molecule has 0 aliphatic carbocycles. The largest absolute Gasteiger partial charge is 0.395 e. The topological polar surface area (TPSA) is 90.4 Å². The lowest BCUT2D eigenvalue weighted by Gasteiger charge is -2.31. The fraction of sp³-hybridized carbons (Fsp3) is 0.400. The SMILES string of the molecule is C[C@H]1[C@H]([Si](C)(C)F)[C@@H](CC(=O)N(CCO)Cc2ccccc2)O[C@]12C(=O)N(Cc1ccc(N3CCC3=O)cc1)c1ccc(Br)cc12. The molecule has 3 heterocycles. The lowest BCUT2D eigenvalue weighted by atomic mass is 9.82. The number of aliphatic hydroxyl groups excluding tert-OH is 1. The molecule has 242 valence electrons. The molecule has 2 saturated heterocycles. The summed E-state index contributed by atoms with van der Waals surface area (Å²) >= 11 is 3.57. The van der Waals surface area contributed by atoms with Crippen molar-refractivity contribution in [2.45, 2.75) is 63.2 Å². The molecule has 8 nitrogen and oxygen atoms in total. The lowest BCUT2D eigenvalue weighted by Crippen LogP contribution is -2.45. The number of β-lactam (4-membered cyclic amide) rings is 1. The van der Waals surface area contributed by atoms with Crippen LogP contribution < -0.4 is 9.80 Å². The predicted octanol–water partition coefficient (Wildman–Crippen LogP) is 5.92. The molecule has 0 aromatic heterocycles. The molecule has 3 aromatic rings. The number of hydrogen-bond donors (Lipinski definition) is 1. The molecule has 6 rings (SSSR count). The average molecular weight is 709 g/mol. The lowest BCUT2D eigenvalue weighted by molar-refractivity contribution is -0.150. The molecular weight excluding hydrogens is 669 g/mol. The van der Waals surface area contributed by atoms with E-state index in [-0.39, 0.29) is 43.8 Å². The number of rotatable bonds is 10. The van der Waals surface area contributed by atoms with E-state index in [0.29, 0.717) is 30.8 Å². The van der Waals surface area contributed by atoms with Crippen molar-refractivity contribution in [1.82, 2.24) is 4.90 Å². The van der Waals surface area contributed by atoms with Gasteiger partial charge < -0.3 is 28.7 Å². The summed E-state index contributed by atoms with van der Waals surface area (Å²) in [5, 5.41) is 9.75. The maximum absolute atomic E-state index is 16.3. The van der Waals surface area contributed by atoms with Crippen LogP contribution in [0.15, 0.2) is 77.3 Å². The quantitative estimate of drug-likeness (QED) is 0.161. The fourth-order valence-electron chi connectivity index (χ4n) is 7.45. The zero-order valence-electron chi connectivity index (χ0n) is 26.3. The molecule has 1 N–H and O–H groups in total. The Bertz CT molecular complexity index is 1640. The van der Waals surface area contributed by atoms with Gasteiger partial charge in [-0.25, -0.2) is 0 Å². The van der Waals surface area contributed by atoms with Gasteiger partial charge in [0.25, 0.3) is 5.91 Å². The molecule has 2 fully saturated rings. The Morgan fingerprint density at radius 1 is 1.09 bits per heavy atom. The van der Waals surface area contributed by atoms with Gasteiger partial charge in [0.15, 0.2) is 5.60 Å². The fourth-order valence-corrected chi connectivity index (χ4v) is 10.3. The number of halogens is 2. The van der Waals surface area contributed by atoms with Gasteiger partial charge in [0.05, 0.1) is 31.4 Å². The molecule has 3 aliphatic rings. The van der Waals surface area contributed by atoms with Crippen molar-refractivity contribution in [3.63, 3.8) is 0 Å². The zero-order valence-corrected chi connectivity index (χ0v) is 28.9. The Labute approximate surface area is 278 Å². The second kappa shape index (κ2) is 12.7.